The maximum Gasteiger partial charge on any atom is 0.142 e. The van der Waals surface area contributed by atoms with Gasteiger partial charge in [0.2, 0.25) is 0 Å². The number of nitrogens with zero attached hydrogens (tertiary/aromatic N) is 4. The SMILES string of the molecule is OCCCn1cc2c(n1)CCc1c-2sc2ncnc(Nc3ccc(OCc4cccc(F)c4)c(Cl)c3)c12. The summed E-state index contributed by atoms with van der Waals surface area (Å²) in [6.45, 7) is 1.06. The number of nitrogens with one attached hydrogen (secondary N) is 1. The van der Waals surface area contributed by atoms with Crippen LogP contribution in [0.1, 0.15) is 23.2 Å². The van der Waals surface area contributed by atoms with Gasteiger partial charge in [-0.3, -0.25) is 4.68 Å². The summed E-state index contributed by atoms with van der Waals surface area (Å²) in [7, 11) is 0. The Morgan fingerprint density at radius 2 is 2.08 bits per heavy atom. The fourth-order valence-electron chi connectivity index (χ4n) is 4.59. The second-order valence-corrected chi connectivity index (χ2v) is 10.2. The van der Waals surface area contributed by atoms with Crippen molar-refractivity contribution in [3.05, 3.63) is 82.6 Å². The highest BCUT2D eigenvalue weighted by atomic mass is 35.5. The number of hydrogen-bond acceptors (Lipinski definition) is 7. The van der Waals surface area contributed by atoms with Gasteiger partial charge >= 0.3 is 0 Å². The molecule has 0 bridgehead atoms. The number of benzene rings is 2. The Kier molecular flexibility index (Phi) is 6.50. The standard InChI is InChI=1S/C27H23ClFN5O2S/c28-21-12-18(5-8-23(21)36-14-16-3-1-4-17(29)11-16)32-26-24-19-6-7-22-20(13-34(33-22)9-2-10-35)25(19)37-27(24)31-15-30-26/h1,3-5,8,11-13,15,35H,2,6-7,9-10,14H2,(H,30,31,32). The van der Waals surface area contributed by atoms with E-state index in [4.69, 9.17) is 26.5 Å². The second kappa shape index (κ2) is 10.1. The van der Waals surface area contributed by atoms with Crippen LogP contribution in [0.3, 0.4) is 0 Å². The molecule has 0 atom stereocenters. The molecule has 37 heavy (non-hydrogen) atoms. The fraction of sp³-hybridized carbons (Fsp3) is 0.222. The molecular weight excluding hydrogens is 513 g/mol. The molecule has 10 heteroatoms. The number of ether oxygens (including phenoxy) is 1. The second-order valence-electron chi connectivity index (χ2n) is 8.83. The highest BCUT2D eigenvalue weighted by Gasteiger charge is 2.26. The summed E-state index contributed by atoms with van der Waals surface area (Å²) >= 11 is 8.15. The molecule has 0 unspecified atom stereocenters. The molecule has 0 fully saturated rings. The van der Waals surface area contributed by atoms with Gasteiger partial charge < -0.3 is 15.2 Å². The molecule has 2 N–H and O–H groups in total. The van der Waals surface area contributed by atoms with E-state index in [1.807, 2.05) is 10.7 Å². The zero-order chi connectivity index (χ0) is 25.4. The Morgan fingerprint density at radius 3 is 2.92 bits per heavy atom. The zero-order valence-corrected chi connectivity index (χ0v) is 21.3. The van der Waals surface area contributed by atoms with Crippen LogP contribution >= 0.6 is 22.9 Å². The number of aromatic nitrogens is 4. The minimum absolute atomic E-state index is 0.146. The van der Waals surface area contributed by atoms with Crippen molar-refractivity contribution in [1.82, 2.24) is 19.7 Å². The molecular formula is C27H23ClFN5O2S. The van der Waals surface area contributed by atoms with Crippen LogP contribution in [-0.2, 0) is 26.0 Å². The number of rotatable bonds is 8. The van der Waals surface area contributed by atoms with Gasteiger partial charge in [0.15, 0.2) is 0 Å². The van der Waals surface area contributed by atoms with Crippen molar-refractivity contribution < 1.29 is 14.2 Å². The van der Waals surface area contributed by atoms with Crippen LogP contribution < -0.4 is 10.1 Å². The molecule has 0 amide bonds. The molecule has 6 rings (SSSR count). The van der Waals surface area contributed by atoms with Crippen LogP contribution in [0, 0.1) is 5.82 Å². The Balaban J connectivity index is 1.26. The van der Waals surface area contributed by atoms with Crippen LogP contribution in [-0.4, -0.2) is 31.5 Å². The van der Waals surface area contributed by atoms with E-state index in [1.165, 1.54) is 22.6 Å². The third-order valence-electron chi connectivity index (χ3n) is 6.31. The first-order valence-electron chi connectivity index (χ1n) is 12.0. The molecule has 3 heterocycles. The topological polar surface area (TPSA) is 85.1 Å². The lowest BCUT2D eigenvalue weighted by molar-refractivity contribution is 0.277. The summed E-state index contributed by atoms with van der Waals surface area (Å²) in [5.41, 5.74) is 4.94. The van der Waals surface area contributed by atoms with E-state index in [2.05, 4.69) is 21.5 Å². The van der Waals surface area contributed by atoms with Crippen LogP contribution in [0.25, 0.3) is 20.7 Å². The molecule has 3 aromatic heterocycles. The van der Waals surface area contributed by atoms with Gasteiger partial charge in [-0.25, -0.2) is 14.4 Å². The van der Waals surface area contributed by atoms with Gasteiger partial charge in [-0.05, 0) is 60.7 Å². The van der Waals surface area contributed by atoms with Crippen molar-refractivity contribution in [2.75, 3.05) is 11.9 Å². The molecule has 188 valence electrons. The van der Waals surface area contributed by atoms with E-state index in [0.29, 0.717) is 23.7 Å². The Bertz CT molecular complexity index is 1600. The van der Waals surface area contributed by atoms with Gasteiger partial charge in [-0.2, -0.15) is 5.10 Å². The van der Waals surface area contributed by atoms with E-state index in [1.54, 1.807) is 41.9 Å². The summed E-state index contributed by atoms with van der Waals surface area (Å²) in [6, 6.07) is 11.8. The summed E-state index contributed by atoms with van der Waals surface area (Å²) in [5, 5.41) is 18.7. The zero-order valence-electron chi connectivity index (χ0n) is 19.7. The number of anilines is 2. The molecule has 0 aliphatic heterocycles. The maximum absolute atomic E-state index is 13.4. The predicted octanol–water partition coefficient (Wildman–Crippen LogP) is 6.15. The molecule has 0 saturated carbocycles. The summed E-state index contributed by atoms with van der Waals surface area (Å²) in [6.07, 6.45) is 6.01. The lowest BCUT2D eigenvalue weighted by Crippen LogP contribution is -2.04. The fourth-order valence-corrected chi connectivity index (χ4v) is 6.05. The molecule has 7 nitrogen and oxygen atoms in total. The van der Waals surface area contributed by atoms with Crippen LogP contribution in [0.2, 0.25) is 5.02 Å². The van der Waals surface area contributed by atoms with Crippen molar-refractivity contribution in [2.24, 2.45) is 0 Å². The largest absolute Gasteiger partial charge is 0.487 e. The summed E-state index contributed by atoms with van der Waals surface area (Å²) in [5.74, 6) is 0.941. The first-order chi connectivity index (χ1) is 18.1. The Hall–Kier alpha value is -3.53. The predicted molar refractivity (Wildman–Crippen MR) is 143 cm³/mol. The van der Waals surface area contributed by atoms with Crippen molar-refractivity contribution in [1.29, 1.82) is 0 Å². The minimum Gasteiger partial charge on any atom is -0.487 e. The third kappa shape index (κ3) is 4.77. The van der Waals surface area contributed by atoms with Crippen LogP contribution in [0.5, 0.6) is 5.75 Å². The number of hydrogen-bond donors (Lipinski definition) is 2. The van der Waals surface area contributed by atoms with E-state index in [-0.39, 0.29) is 19.0 Å². The number of aliphatic hydroxyl groups is 1. The smallest absolute Gasteiger partial charge is 0.142 e. The highest BCUT2D eigenvalue weighted by Crippen LogP contribution is 2.45. The van der Waals surface area contributed by atoms with E-state index >= 15 is 0 Å². The summed E-state index contributed by atoms with van der Waals surface area (Å²) in [4.78, 5) is 11.2. The number of thiophene rings is 1. The van der Waals surface area contributed by atoms with Crippen molar-refractivity contribution in [3.63, 3.8) is 0 Å². The molecule has 0 radical (unpaired) electrons. The third-order valence-corrected chi connectivity index (χ3v) is 7.77. The van der Waals surface area contributed by atoms with Gasteiger partial charge in [0.25, 0.3) is 0 Å². The van der Waals surface area contributed by atoms with Crippen molar-refractivity contribution in [3.8, 4) is 16.2 Å². The van der Waals surface area contributed by atoms with Gasteiger partial charge in [0, 0.05) is 35.5 Å². The molecule has 2 aromatic carbocycles. The highest BCUT2D eigenvalue weighted by molar-refractivity contribution is 7.22. The maximum atomic E-state index is 13.4. The molecule has 5 aromatic rings. The van der Waals surface area contributed by atoms with Crippen LogP contribution in [0.15, 0.2) is 55.0 Å². The number of fused-ring (bicyclic) bond motifs is 5. The van der Waals surface area contributed by atoms with Gasteiger partial charge in [0.05, 0.1) is 16.1 Å². The normalized spacial score (nSPS) is 12.4. The van der Waals surface area contributed by atoms with Crippen molar-refractivity contribution >= 4 is 44.7 Å². The number of aliphatic hydroxyl groups excluding tert-OH is 1. The average molecular weight is 536 g/mol. The van der Waals surface area contributed by atoms with E-state index in [9.17, 15) is 4.39 Å². The van der Waals surface area contributed by atoms with Gasteiger partial charge in [0.1, 0.15) is 35.1 Å². The quantitative estimate of drug-likeness (QED) is 0.248. The molecule has 0 spiro atoms. The Morgan fingerprint density at radius 1 is 1.16 bits per heavy atom. The van der Waals surface area contributed by atoms with Gasteiger partial charge in [-0.15, -0.1) is 11.3 Å². The van der Waals surface area contributed by atoms with Crippen LogP contribution in [0.4, 0.5) is 15.9 Å². The lowest BCUT2D eigenvalue weighted by atomic mass is 9.95. The average Bonchev–Trinajstić information content (AvgIpc) is 3.48. The molecule has 1 aliphatic carbocycles. The number of aryl methyl sites for hydroxylation is 3. The first-order valence-corrected chi connectivity index (χ1v) is 13.2. The van der Waals surface area contributed by atoms with Gasteiger partial charge in [-0.1, -0.05) is 23.7 Å². The monoisotopic (exact) mass is 535 g/mol. The van der Waals surface area contributed by atoms with E-state index < -0.39 is 0 Å². The first kappa shape index (κ1) is 23.8. The minimum atomic E-state index is -0.301. The number of halogens is 2. The summed E-state index contributed by atoms with van der Waals surface area (Å²) < 4.78 is 21.2. The van der Waals surface area contributed by atoms with Crippen molar-refractivity contribution in [2.45, 2.75) is 32.4 Å². The lowest BCUT2D eigenvalue weighted by Gasteiger charge is -2.13. The van der Waals surface area contributed by atoms with E-state index in [0.717, 1.165) is 51.4 Å². The Labute approximate surface area is 221 Å². The molecule has 0 saturated heterocycles. The molecule has 1 aliphatic rings.